The molecule has 0 spiro atoms. The van der Waals surface area contributed by atoms with Gasteiger partial charge in [-0.2, -0.15) is 26.3 Å². The second-order valence-corrected chi connectivity index (χ2v) is 6.54. The zero-order valence-electron chi connectivity index (χ0n) is 16.6. The lowest BCUT2D eigenvalue weighted by molar-refractivity contribution is -0.143. The Bertz CT molecular complexity index is 1140. The minimum atomic E-state index is -5.01. The van der Waals surface area contributed by atoms with Crippen molar-refractivity contribution in [1.29, 1.82) is 0 Å². The Balaban J connectivity index is 1.78. The maximum atomic E-state index is 13.0. The lowest BCUT2D eigenvalue weighted by Gasteiger charge is -2.13. The largest absolute Gasteiger partial charge is 0.422 e. The molecule has 2 heterocycles. The van der Waals surface area contributed by atoms with Gasteiger partial charge in [0.25, 0.3) is 0 Å². The lowest BCUT2D eigenvalue weighted by atomic mass is 10.0. The fourth-order valence-corrected chi connectivity index (χ4v) is 2.49. The van der Waals surface area contributed by atoms with Crippen molar-refractivity contribution in [2.75, 3.05) is 12.1 Å². The molecule has 0 atom stereocenters. The van der Waals surface area contributed by atoms with Gasteiger partial charge < -0.3 is 4.74 Å². The summed E-state index contributed by atoms with van der Waals surface area (Å²) in [5.41, 5.74) is -3.49. The Kier molecular flexibility index (Phi) is 6.39. The first-order valence-electron chi connectivity index (χ1n) is 8.88. The van der Waals surface area contributed by atoms with Crippen molar-refractivity contribution in [2.45, 2.75) is 12.4 Å². The first kappa shape index (κ1) is 23.7. The van der Waals surface area contributed by atoms with Crippen LogP contribution < -0.4 is 15.6 Å². The number of carbonyl (C=O) groups excluding carboxylic acids is 1. The van der Waals surface area contributed by atoms with E-state index in [1.165, 1.54) is 23.3 Å². The molecule has 1 aromatic carbocycles. The standard InChI is InChI=1S/C19H14F6N6O2/c1-30(26)15-3-2-14(9-27-15)33-16(32)4-5-31-10-28-17(29-31)11-6-12(18(20,21)22)8-13(7-11)19(23,24)25/h2-10H,26H2,1H3/b5-4-. The van der Waals surface area contributed by atoms with Crippen LogP contribution in [-0.2, 0) is 17.1 Å². The molecule has 0 aliphatic carbocycles. The Morgan fingerprint density at radius 1 is 1.06 bits per heavy atom. The number of hydrogen-bond donors (Lipinski definition) is 1. The van der Waals surface area contributed by atoms with E-state index in [4.69, 9.17) is 10.6 Å². The molecule has 0 saturated heterocycles. The normalized spacial score (nSPS) is 12.2. The van der Waals surface area contributed by atoms with E-state index in [1.807, 2.05) is 0 Å². The summed E-state index contributed by atoms with van der Waals surface area (Å²) in [6.45, 7) is 0. The van der Waals surface area contributed by atoms with Crippen LogP contribution in [0.1, 0.15) is 11.1 Å². The molecule has 0 fully saturated rings. The average Bonchev–Trinajstić information content (AvgIpc) is 3.20. The number of ether oxygens (including phenoxy) is 1. The molecule has 0 amide bonds. The van der Waals surface area contributed by atoms with Gasteiger partial charge in [-0.15, -0.1) is 5.10 Å². The van der Waals surface area contributed by atoms with E-state index in [1.54, 1.807) is 7.05 Å². The number of carbonyl (C=O) groups is 1. The molecular weight excluding hydrogens is 458 g/mol. The van der Waals surface area contributed by atoms with Crippen molar-refractivity contribution in [3.8, 4) is 17.1 Å². The number of halogens is 6. The summed E-state index contributed by atoms with van der Waals surface area (Å²) < 4.78 is 84.0. The SMILES string of the molecule is CN(N)c1ccc(OC(=O)/C=C\n2cnc(-c3cc(C(F)(F)F)cc(C(F)(F)F)c3)n2)cn1. The van der Waals surface area contributed by atoms with Crippen molar-refractivity contribution < 1.29 is 35.9 Å². The maximum absolute atomic E-state index is 13.0. The van der Waals surface area contributed by atoms with Crippen LogP contribution in [0, 0.1) is 0 Å². The van der Waals surface area contributed by atoms with Crippen LogP contribution in [0.25, 0.3) is 17.6 Å². The van der Waals surface area contributed by atoms with Gasteiger partial charge in [0.15, 0.2) is 5.82 Å². The van der Waals surface area contributed by atoms with Gasteiger partial charge in [0.1, 0.15) is 17.9 Å². The molecule has 3 rings (SSSR count). The summed E-state index contributed by atoms with van der Waals surface area (Å²) in [5, 5.41) is 5.03. The molecule has 174 valence electrons. The van der Waals surface area contributed by atoms with Crippen LogP contribution in [0.3, 0.4) is 0 Å². The highest BCUT2D eigenvalue weighted by Crippen LogP contribution is 2.38. The molecule has 0 saturated carbocycles. The maximum Gasteiger partial charge on any atom is 0.416 e. The first-order chi connectivity index (χ1) is 15.3. The second-order valence-electron chi connectivity index (χ2n) is 6.54. The number of hydrazine groups is 1. The van der Waals surface area contributed by atoms with Gasteiger partial charge in [-0.05, 0) is 30.3 Å². The van der Waals surface area contributed by atoms with Crippen LogP contribution in [0.15, 0.2) is 48.9 Å². The molecule has 0 aliphatic heterocycles. The number of benzene rings is 1. The van der Waals surface area contributed by atoms with Gasteiger partial charge in [-0.1, -0.05) is 0 Å². The highest BCUT2D eigenvalue weighted by molar-refractivity contribution is 5.86. The summed E-state index contributed by atoms with van der Waals surface area (Å²) in [6, 6.07) is 3.95. The van der Waals surface area contributed by atoms with E-state index in [0.717, 1.165) is 23.3 Å². The Morgan fingerprint density at radius 3 is 2.21 bits per heavy atom. The van der Waals surface area contributed by atoms with Gasteiger partial charge in [0.05, 0.1) is 17.3 Å². The number of anilines is 1. The third kappa shape index (κ3) is 6.06. The van der Waals surface area contributed by atoms with Gasteiger partial charge in [-0.3, -0.25) is 5.01 Å². The van der Waals surface area contributed by atoms with E-state index in [-0.39, 0.29) is 11.8 Å². The van der Waals surface area contributed by atoms with E-state index in [2.05, 4.69) is 15.1 Å². The van der Waals surface area contributed by atoms with Gasteiger partial charge in [0, 0.05) is 24.9 Å². The highest BCUT2D eigenvalue weighted by Gasteiger charge is 2.37. The number of rotatable bonds is 5. The topological polar surface area (TPSA) is 99.2 Å². The molecule has 0 unspecified atom stereocenters. The van der Waals surface area contributed by atoms with E-state index >= 15 is 0 Å². The number of nitrogens with zero attached hydrogens (tertiary/aromatic N) is 5. The third-order valence-corrected chi connectivity index (χ3v) is 4.02. The number of pyridine rings is 1. The average molecular weight is 472 g/mol. The number of nitrogens with two attached hydrogens (primary N) is 1. The third-order valence-electron chi connectivity index (χ3n) is 4.02. The van der Waals surface area contributed by atoms with Crippen molar-refractivity contribution in [3.05, 3.63) is 60.1 Å². The number of esters is 1. The van der Waals surface area contributed by atoms with Crippen molar-refractivity contribution >= 4 is 18.0 Å². The monoisotopic (exact) mass is 472 g/mol. The highest BCUT2D eigenvalue weighted by atomic mass is 19.4. The summed E-state index contributed by atoms with van der Waals surface area (Å²) in [4.78, 5) is 19.6. The number of hydrogen-bond acceptors (Lipinski definition) is 7. The molecule has 14 heteroatoms. The molecule has 2 aromatic heterocycles. The number of aromatic nitrogens is 4. The van der Waals surface area contributed by atoms with Gasteiger partial charge >= 0.3 is 18.3 Å². The zero-order valence-corrected chi connectivity index (χ0v) is 16.6. The molecule has 3 aromatic rings. The molecule has 33 heavy (non-hydrogen) atoms. The van der Waals surface area contributed by atoms with Gasteiger partial charge in [-0.25, -0.2) is 25.3 Å². The smallest absolute Gasteiger partial charge is 0.416 e. The molecular formula is C19H14F6N6O2. The lowest BCUT2D eigenvalue weighted by Crippen LogP contribution is -2.25. The van der Waals surface area contributed by atoms with Crippen LogP contribution in [0.5, 0.6) is 5.75 Å². The van der Waals surface area contributed by atoms with E-state index in [9.17, 15) is 31.1 Å². The Morgan fingerprint density at radius 2 is 1.70 bits per heavy atom. The molecule has 0 bridgehead atoms. The molecule has 2 N–H and O–H groups in total. The fraction of sp³-hybridized carbons (Fsp3) is 0.158. The zero-order chi connectivity index (χ0) is 24.4. The number of alkyl halides is 6. The second kappa shape index (κ2) is 8.90. The van der Waals surface area contributed by atoms with Crippen LogP contribution in [-0.4, -0.2) is 32.8 Å². The van der Waals surface area contributed by atoms with E-state index in [0.29, 0.717) is 18.0 Å². The predicted molar refractivity (Wildman–Crippen MR) is 103 cm³/mol. The van der Waals surface area contributed by atoms with Crippen LogP contribution >= 0.6 is 0 Å². The van der Waals surface area contributed by atoms with Crippen molar-refractivity contribution in [1.82, 2.24) is 19.7 Å². The Labute approximate surface area is 181 Å². The minimum Gasteiger partial charge on any atom is -0.422 e. The quantitative estimate of drug-likeness (QED) is 0.199. The molecule has 0 aliphatic rings. The summed E-state index contributed by atoms with van der Waals surface area (Å²) in [7, 11) is 1.56. The summed E-state index contributed by atoms with van der Waals surface area (Å²) in [5.74, 6) is 4.78. The van der Waals surface area contributed by atoms with Gasteiger partial charge in [0.2, 0.25) is 0 Å². The van der Waals surface area contributed by atoms with E-state index < -0.39 is 40.8 Å². The first-order valence-corrected chi connectivity index (χ1v) is 8.88. The van der Waals surface area contributed by atoms with Crippen molar-refractivity contribution in [2.24, 2.45) is 5.84 Å². The molecule has 0 radical (unpaired) electrons. The Hall–Kier alpha value is -3.94. The minimum absolute atomic E-state index is 0.00333. The van der Waals surface area contributed by atoms with Crippen LogP contribution in [0.2, 0.25) is 0 Å². The van der Waals surface area contributed by atoms with Crippen molar-refractivity contribution in [3.63, 3.8) is 0 Å². The van der Waals surface area contributed by atoms with Crippen LogP contribution in [0.4, 0.5) is 32.2 Å². The molecule has 8 nitrogen and oxygen atoms in total. The predicted octanol–water partition coefficient (Wildman–Crippen LogP) is 3.76. The summed E-state index contributed by atoms with van der Waals surface area (Å²) >= 11 is 0. The fourth-order valence-electron chi connectivity index (χ4n) is 2.49. The summed E-state index contributed by atoms with van der Waals surface area (Å²) in [6.07, 6.45) is -5.77.